The number of carbonyl (C=O) groups is 1. The lowest BCUT2D eigenvalue weighted by Crippen LogP contribution is -2.47. The molecule has 0 amide bonds. The van der Waals surface area contributed by atoms with E-state index in [-0.39, 0.29) is 0 Å². The van der Waals surface area contributed by atoms with Gasteiger partial charge >= 0.3 is 5.97 Å². The Morgan fingerprint density at radius 3 is 2.65 bits per heavy atom. The van der Waals surface area contributed by atoms with Crippen LogP contribution in [0.2, 0.25) is 0 Å². The molecule has 2 aliphatic rings. The van der Waals surface area contributed by atoms with Gasteiger partial charge in [-0.05, 0) is 54.7 Å². The number of hydrogen-bond donors (Lipinski definition) is 2. The third kappa shape index (κ3) is 2.59. The first kappa shape index (κ1) is 13.6. The van der Waals surface area contributed by atoms with Crippen molar-refractivity contribution in [3.63, 3.8) is 0 Å². The first-order valence-electron chi connectivity index (χ1n) is 7.73. The summed E-state index contributed by atoms with van der Waals surface area (Å²) in [5, 5.41) is 12.6. The van der Waals surface area contributed by atoms with Crippen LogP contribution in [0.5, 0.6) is 0 Å². The van der Waals surface area contributed by atoms with Crippen LogP contribution in [0.4, 0.5) is 0 Å². The van der Waals surface area contributed by atoms with E-state index in [1.54, 1.807) is 12.1 Å². The molecule has 0 aromatic heterocycles. The van der Waals surface area contributed by atoms with Crippen LogP contribution in [-0.2, 0) is 6.54 Å². The van der Waals surface area contributed by atoms with Crippen molar-refractivity contribution in [2.24, 2.45) is 11.3 Å². The number of rotatable bonds is 6. The topological polar surface area (TPSA) is 49.3 Å². The highest BCUT2D eigenvalue weighted by molar-refractivity contribution is 5.87. The Kier molecular flexibility index (Phi) is 3.79. The fraction of sp³-hybridized carbons (Fsp3) is 0.588. The number of nitrogens with one attached hydrogen (secondary N) is 1. The van der Waals surface area contributed by atoms with Crippen molar-refractivity contribution in [1.82, 2.24) is 5.32 Å². The molecule has 3 rings (SSSR count). The molecule has 0 heterocycles. The molecule has 0 unspecified atom stereocenters. The zero-order valence-corrected chi connectivity index (χ0v) is 11.9. The van der Waals surface area contributed by atoms with Gasteiger partial charge in [-0.3, -0.25) is 0 Å². The summed E-state index contributed by atoms with van der Waals surface area (Å²) in [7, 11) is 0. The van der Waals surface area contributed by atoms with Crippen molar-refractivity contribution in [2.75, 3.05) is 6.54 Å². The maximum absolute atomic E-state index is 11.0. The normalized spacial score (nSPS) is 21.0. The van der Waals surface area contributed by atoms with Gasteiger partial charge in [-0.1, -0.05) is 25.0 Å². The number of benzene rings is 1. The van der Waals surface area contributed by atoms with Crippen LogP contribution in [0.25, 0.3) is 0 Å². The molecule has 3 heteroatoms. The SMILES string of the molecule is O=C(O)c1cccc(CNCC2(C3CCC3)CCC2)c1. The second kappa shape index (κ2) is 5.57. The average molecular weight is 273 g/mol. The molecule has 0 saturated heterocycles. The lowest BCUT2D eigenvalue weighted by Gasteiger charge is -2.52. The van der Waals surface area contributed by atoms with Gasteiger partial charge in [-0.2, -0.15) is 0 Å². The molecule has 0 aliphatic heterocycles. The number of carboxylic acids is 1. The van der Waals surface area contributed by atoms with Crippen LogP contribution < -0.4 is 5.32 Å². The molecule has 2 fully saturated rings. The van der Waals surface area contributed by atoms with Crippen LogP contribution >= 0.6 is 0 Å². The number of hydrogen-bond acceptors (Lipinski definition) is 2. The standard InChI is InChI=1S/C17H23NO2/c19-16(20)14-5-1-4-13(10-14)11-18-12-17(8-3-9-17)15-6-2-7-15/h1,4-5,10,15,18H,2-3,6-9,11-12H2,(H,19,20). The lowest BCUT2D eigenvalue weighted by molar-refractivity contribution is 0.00266. The maximum Gasteiger partial charge on any atom is 0.335 e. The minimum absolute atomic E-state index is 0.377. The molecular formula is C17H23NO2. The summed E-state index contributed by atoms with van der Waals surface area (Å²) in [4.78, 5) is 11.0. The van der Waals surface area contributed by atoms with Gasteiger partial charge in [0.1, 0.15) is 0 Å². The van der Waals surface area contributed by atoms with Crippen molar-refractivity contribution < 1.29 is 9.90 Å². The molecule has 3 nitrogen and oxygen atoms in total. The van der Waals surface area contributed by atoms with Gasteiger partial charge < -0.3 is 10.4 Å². The molecule has 108 valence electrons. The molecule has 20 heavy (non-hydrogen) atoms. The zero-order chi connectivity index (χ0) is 14.0. The Hall–Kier alpha value is -1.35. The van der Waals surface area contributed by atoms with Crippen molar-refractivity contribution in [3.8, 4) is 0 Å². The molecule has 0 spiro atoms. The van der Waals surface area contributed by atoms with E-state index in [4.69, 9.17) is 5.11 Å². The van der Waals surface area contributed by atoms with Crippen LogP contribution in [0.1, 0.15) is 54.4 Å². The van der Waals surface area contributed by atoms with Gasteiger partial charge in [0, 0.05) is 13.1 Å². The molecule has 0 radical (unpaired) electrons. The fourth-order valence-electron chi connectivity index (χ4n) is 3.65. The predicted molar refractivity (Wildman–Crippen MR) is 78.7 cm³/mol. The molecular weight excluding hydrogens is 250 g/mol. The van der Waals surface area contributed by atoms with Crippen LogP contribution in [-0.4, -0.2) is 17.6 Å². The third-order valence-electron chi connectivity index (χ3n) is 5.30. The Labute approximate surface area is 120 Å². The number of carboxylic acid groups (broad SMARTS) is 1. The average Bonchev–Trinajstić information content (AvgIpc) is 2.33. The molecule has 2 saturated carbocycles. The fourth-order valence-corrected chi connectivity index (χ4v) is 3.65. The first-order chi connectivity index (χ1) is 9.70. The molecule has 0 bridgehead atoms. The molecule has 2 aliphatic carbocycles. The lowest BCUT2D eigenvalue weighted by atomic mass is 9.55. The van der Waals surface area contributed by atoms with Crippen LogP contribution in [0.3, 0.4) is 0 Å². The third-order valence-corrected chi connectivity index (χ3v) is 5.30. The minimum Gasteiger partial charge on any atom is -0.478 e. The van der Waals surface area contributed by atoms with Gasteiger partial charge in [0.05, 0.1) is 5.56 Å². The number of aromatic carboxylic acids is 1. The zero-order valence-electron chi connectivity index (χ0n) is 11.9. The Morgan fingerprint density at radius 2 is 2.10 bits per heavy atom. The quantitative estimate of drug-likeness (QED) is 0.834. The molecule has 1 aromatic rings. The Morgan fingerprint density at radius 1 is 1.30 bits per heavy atom. The minimum atomic E-state index is -0.850. The molecule has 0 atom stereocenters. The van der Waals surface area contributed by atoms with E-state index in [0.29, 0.717) is 11.0 Å². The summed E-state index contributed by atoms with van der Waals surface area (Å²) < 4.78 is 0. The van der Waals surface area contributed by atoms with E-state index >= 15 is 0 Å². The second-order valence-corrected chi connectivity index (χ2v) is 6.45. The van der Waals surface area contributed by atoms with E-state index in [0.717, 1.165) is 24.6 Å². The first-order valence-corrected chi connectivity index (χ1v) is 7.73. The Balaban J connectivity index is 1.54. The van der Waals surface area contributed by atoms with E-state index in [9.17, 15) is 4.79 Å². The monoisotopic (exact) mass is 273 g/mol. The maximum atomic E-state index is 11.0. The largest absolute Gasteiger partial charge is 0.478 e. The van der Waals surface area contributed by atoms with Crippen LogP contribution in [0, 0.1) is 11.3 Å². The van der Waals surface area contributed by atoms with Gasteiger partial charge in [0.25, 0.3) is 0 Å². The smallest absolute Gasteiger partial charge is 0.335 e. The summed E-state index contributed by atoms with van der Waals surface area (Å²) in [6, 6.07) is 7.24. The van der Waals surface area contributed by atoms with E-state index in [1.165, 1.54) is 38.5 Å². The van der Waals surface area contributed by atoms with Gasteiger partial charge in [-0.25, -0.2) is 4.79 Å². The summed E-state index contributed by atoms with van der Waals surface area (Å²) in [5.74, 6) is 0.0888. The van der Waals surface area contributed by atoms with Gasteiger partial charge in [0.15, 0.2) is 0 Å². The summed E-state index contributed by atoms with van der Waals surface area (Å²) in [6.07, 6.45) is 8.37. The van der Waals surface area contributed by atoms with E-state index in [2.05, 4.69) is 5.32 Å². The second-order valence-electron chi connectivity index (χ2n) is 6.45. The van der Waals surface area contributed by atoms with Crippen molar-refractivity contribution >= 4 is 5.97 Å². The summed E-state index contributed by atoms with van der Waals surface area (Å²) >= 11 is 0. The Bertz CT molecular complexity index is 490. The molecule has 2 N–H and O–H groups in total. The van der Waals surface area contributed by atoms with E-state index in [1.807, 2.05) is 12.1 Å². The molecule has 1 aromatic carbocycles. The van der Waals surface area contributed by atoms with E-state index < -0.39 is 5.97 Å². The highest BCUT2D eigenvalue weighted by Crippen LogP contribution is 2.53. The van der Waals surface area contributed by atoms with Gasteiger partial charge in [0.2, 0.25) is 0 Å². The van der Waals surface area contributed by atoms with Crippen molar-refractivity contribution in [1.29, 1.82) is 0 Å². The highest BCUT2D eigenvalue weighted by Gasteiger charge is 2.45. The van der Waals surface area contributed by atoms with Crippen molar-refractivity contribution in [2.45, 2.75) is 45.1 Å². The predicted octanol–water partition coefficient (Wildman–Crippen LogP) is 3.44. The summed E-state index contributed by atoms with van der Waals surface area (Å²) in [6.45, 7) is 1.87. The summed E-state index contributed by atoms with van der Waals surface area (Å²) in [5.41, 5.74) is 2.00. The van der Waals surface area contributed by atoms with Crippen LogP contribution in [0.15, 0.2) is 24.3 Å². The van der Waals surface area contributed by atoms with Gasteiger partial charge in [-0.15, -0.1) is 0 Å². The highest BCUT2D eigenvalue weighted by atomic mass is 16.4. The van der Waals surface area contributed by atoms with Crippen molar-refractivity contribution in [3.05, 3.63) is 35.4 Å².